The van der Waals surface area contributed by atoms with E-state index in [2.05, 4.69) is 31.7 Å². The maximum Gasteiger partial charge on any atom is 0.170 e. The number of anilines is 1. The summed E-state index contributed by atoms with van der Waals surface area (Å²) in [6.07, 6.45) is 2.09. The minimum absolute atomic E-state index is 0.645. The molecule has 0 bridgehead atoms. The van der Waals surface area contributed by atoms with Crippen molar-refractivity contribution < 1.29 is 9.64 Å². The largest absolute Gasteiger partial charge is 0.491 e. The van der Waals surface area contributed by atoms with Gasteiger partial charge in [-0.15, -0.1) is 0 Å². The van der Waals surface area contributed by atoms with E-state index in [1.807, 2.05) is 24.3 Å². The summed E-state index contributed by atoms with van der Waals surface area (Å²) in [7, 11) is 4.30. The van der Waals surface area contributed by atoms with Crippen LogP contribution in [0.1, 0.15) is 19.8 Å². The summed E-state index contributed by atoms with van der Waals surface area (Å²) in [5, 5.41) is 7.06. The topological polar surface area (TPSA) is 37.7 Å². The SMILES string of the molecule is CCCOc1ccccc1NC(=S)NCCC[NH+](C)C. The van der Waals surface area contributed by atoms with Crippen LogP contribution in [-0.2, 0) is 0 Å². The molecule has 0 spiro atoms. The molecule has 0 fully saturated rings. The summed E-state index contributed by atoms with van der Waals surface area (Å²) in [5.41, 5.74) is 0.914. The molecule has 1 rings (SSSR count). The highest BCUT2D eigenvalue weighted by Gasteiger charge is 2.04. The van der Waals surface area contributed by atoms with Gasteiger partial charge < -0.3 is 20.3 Å². The van der Waals surface area contributed by atoms with Crippen molar-refractivity contribution in [2.45, 2.75) is 19.8 Å². The van der Waals surface area contributed by atoms with Gasteiger partial charge in [-0.1, -0.05) is 19.1 Å². The summed E-state index contributed by atoms with van der Waals surface area (Å²) < 4.78 is 5.69. The molecular weight excluding hydrogens is 270 g/mol. The van der Waals surface area contributed by atoms with E-state index >= 15 is 0 Å². The number of ether oxygens (including phenoxy) is 1. The minimum atomic E-state index is 0.645. The number of quaternary nitrogens is 1. The lowest BCUT2D eigenvalue weighted by molar-refractivity contribution is -0.858. The average Bonchev–Trinajstić information content (AvgIpc) is 2.42. The van der Waals surface area contributed by atoms with Gasteiger partial charge in [0.1, 0.15) is 5.75 Å². The number of thiocarbonyl (C=S) groups is 1. The van der Waals surface area contributed by atoms with Gasteiger partial charge in [0, 0.05) is 13.0 Å². The van der Waals surface area contributed by atoms with Gasteiger partial charge in [0.25, 0.3) is 0 Å². The first kappa shape index (κ1) is 16.7. The van der Waals surface area contributed by atoms with Crippen molar-refractivity contribution in [2.24, 2.45) is 0 Å². The third kappa shape index (κ3) is 6.73. The molecule has 112 valence electrons. The molecule has 0 heterocycles. The van der Waals surface area contributed by atoms with Crippen molar-refractivity contribution in [2.75, 3.05) is 39.1 Å². The quantitative estimate of drug-likeness (QED) is 0.499. The summed E-state index contributed by atoms with van der Waals surface area (Å²) in [5.74, 6) is 0.844. The Morgan fingerprint density at radius 3 is 2.75 bits per heavy atom. The Morgan fingerprint density at radius 2 is 2.05 bits per heavy atom. The Hall–Kier alpha value is -1.33. The van der Waals surface area contributed by atoms with E-state index in [-0.39, 0.29) is 0 Å². The Morgan fingerprint density at radius 1 is 1.30 bits per heavy atom. The van der Waals surface area contributed by atoms with Crippen LogP contribution in [0.15, 0.2) is 24.3 Å². The number of rotatable bonds is 8. The smallest absolute Gasteiger partial charge is 0.170 e. The number of para-hydroxylation sites is 2. The second-order valence-electron chi connectivity index (χ2n) is 5.04. The Bertz CT molecular complexity index is 410. The number of hydrogen-bond donors (Lipinski definition) is 3. The predicted octanol–water partition coefficient (Wildman–Crippen LogP) is 1.30. The molecule has 0 amide bonds. The number of nitrogens with one attached hydrogen (secondary N) is 3. The molecule has 0 saturated carbocycles. The molecule has 5 heteroatoms. The van der Waals surface area contributed by atoms with Crippen LogP contribution in [0.5, 0.6) is 5.75 Å². The standard InChI is InChI=1S/C15H25N3OS/c1-4-12-19-14-9-6-5-8-13(14)17-15(20)16-10-7-11-18(2)3/h5-6,8-9H,4,7,10-12H2,1-3H3,(H2,16,17,20)/p+1. The Balaban J connectivity index is 2.41. The monoisotopic (exact) mass is 296 g/mol. The zero-order chi connectivity index (χ0) is 14.8. The van der Waals surface area contributed by atoms with E-state index < -0.39 is 0 Å². The van der Waals surface area contributed by atoms with Gasteiger partial charge in [0.2, 0.25) is 0 Å². The fraction of sp³-hybridized carbons (Fsp3) is 0.533. The van der Waals surface area contributed by atoms with Gasteiger partial charge in [0.15, 0.2) is 5.11 Å². The number of benzene rings is 1. The Labute approximate surface area is 127 Å². The minimum Gasteiger partial charge on any atom is -0.491 e. The molecule has 1 aromatic rings. The molecule has 0 saturated heterocycles. The van der Waals surface area contributed by atoms with Crippen LogP contribution < -0.4 is 20.3 Å². The zero-order valence-electron chi connectivity index (χ0n) is 12.7. The van der Waals surface area contributed by atoms with Crippen LogP contribution in [0, 0.1) is 0 Å². The van der Waals surface area contributed by atoms with Crippen LogP contribution in [-0.4, -0.2) is 38.9 Å². The fourth-order valence-electron chi connectivity index (χ4n) is 1.72. The maximum absolute atomic E-state index is 5.69. The summed E-state index contributed by atoms with van der Waals surface area (Å²) >= 11 is 5.30. The molecule has 1 aromatic carbocycles. The first-order valence-corrected chi connectivity index (χ1v) is 7.60. The lowest BCUT2D eigenvalue weighted by Crippen LogP contribution is -3.05. The molecule has 20 heavy (non-hydrogen) atoms. The highest BCUT2D eigenvalue weighted by molar-refractivity contribution is 7.80. The van der Waals surface area contributed by atoms with Crippen molar-refractivity contribution in [1.29, 1.82) is 0 Å². The Kier molecular flexibility index (Phi) is 7.99. The highest BCUT2D eigenvalue weighted by atomic mass is 32.1. The zero-order valence-corrected chi connectivity index (χ0v) is 13.5. The maximum atomic E-state index is 5.69. The molecular formula is C15H26N3OS+. The highest BCUT2D eigenvalue weighted by Crippen LogP contribution is 2.23. The molecule has 0 aliphatic heterocycles. The normalized spacial score (nSPS) is 10.4. The van der Waals surface area contributed by atoms with Gasteiger partial charge in [0.05, 0.1) is 32.9 Å². The van der Waals surface area contributed by atoms with Crippen LogP contribution in [0.25, 0.3) is 0 Å². The van der Waals surface area contributed by atoms with Crippen molar-refractivity contribution in [3.05, 3.63) is 24.3 Å². The third-order valence-electron chi connectivity index (χ3n) is 2.74. The van der Waals surface area contributed by atoms with Crippen LogP contribution in [0.4, 0.5) is 5.69 Å². The van der Waals surface area contributed by atoms with Gasteiger partial charge in [-0.2, -0.15) is 0 Å². The van der Waals surface area contributed by atoms with E-state index in [1.165, 1.54) is 4.90 Å². The van der Waals surface area contributed by atoms with E-state index in [0.717, 1.165) is 37.4 Å². The van der Waals surface area contributed by atoms with E-state index in [0.29, 0.717) is 11.7 Å². The molecule has 4 nitrogen and oxygen atoms in total. The van der Waals surface area contributed by atoms with Crippen LogP contribution in [0.3, 0.4) is 0 Å². The van der Waals surface area contributed by atoms with Gasteiger partial charge in [-0.25, -0.2) is 0 Å². The van der Waals surface area contributed by atoms with Gasteiger partial charge in [-0.3, -0.25) is 0 Å². The second-order valence-corrected chi connectivity index (χ2v) is 5.44. The van der Waals surface area contributed by atoms with Crippen molar-refractivity contribution in [3.63, 3.8) is 0 Å². The second kappa shape index (κ2) is 9.55. The predicted molar refractivity (Wildman–Crippen MR) is 88.7 cm³/mol. The molecule has 0 unspecified atom stereocenters. The summed E-state index contributed by atoms with van der Waals surface area (Å²) in [6.45, 7) is 4.82. The number of hydrogen-bond acceptors (Lipinski definition) is 2. The van der Waals surface area contributed by atoms with E-state index in [9.17, 15) is 0 Å². The van der Waals surface area contributed by atoms with E-state index in [4.69, 9.17) is 17.0 Å². The van der Waals surface area contributed by atoms with Crippen molar-refractivity contribution >= 4 is 23.0 Å². The van der Waals surface area contributed by atoms with Crippen LogP contribution >= 0.6 is 12.2 Å². The molecule has 0 atom stereocenters. The molecule has 3 N–H and O–H groups in total. The molecule has 0 aromatic heterocycles. The first-order valence-electron chi connectivity index (χ1n) is 7.19. The summed E-state index contributed by atoms with van der Waals surface area (Å²) in [4.78, 5) is 1.45. The van der Waals surface area contributed by atoms with E-state index in [1.54, 1.807) is 0 Å². The lowest BCUT2D eigenvalue weighted by atomic mass is 10.3. The summed E-state index contributed by atoms with van der Waals surface area (Å²) in [6, 6.07) is 7.87. The molecule has 0 aliphatic carbocycles. The van der Waals surface area contributed by atoms with Crippen molar-refractivity contribution in [3.8, 4) is 5.75 Å². The van der Waals surface area contributed by atoms with Crippen molar-refractivity contribution in [1.82, 2.24) is 5.32 Å². The lowest BCUT2D eigenvalue weighted by Gasteiger charge is -2.14. The molecule has 0 radical (unpaired) electrons. The molecule has 0 aliphatic rings. The third-order valence-corrected chi connectivity index (χ3v) is 2.98. The first-order chi connectivity index (χ1) is 9.63. The average molecular weight is 296 g/mol. The fourth-order valence-corrected chi connectivity index (χ4v) is 1.93. The van der Waals surface area contributed by atoms with Gasteiger partial charge in [-0.05, 0) is 30.8 Å². The van der Waals surface area contributed by atoms with Gasteiger partial charge >= 0.3 is 0 Å². The van der Waals surface area contributed by atoms with Crippen LogP contribution in [0.2, 0.25) is 0 Å².